The first kappa shape index (κ1) is 21.2. The highest BCUT2D eigenvalue weighted by Crippen LogP contribution is 2.37. The second-order valence-corrected chi connectivity index (χ2v) is 8.10. The fourth-order valence-electron chi connectivity index (χ4n) is 4.53. The summed E-state index contributed by atoms with van der Waals surface area (Å²) in [4.78, 5) is 16.6. The second kappa shape index (κ2) is 9.38. The lowest BCUT2D eigenvalue weighted by atomic mass is 9.98. The van der Waals surface area contributed by atoms with Gasteiger partial charge in [0.05, 0.1) is 25.3 Å². The average Bonchev–Trinajstić information content (AvgIpc) is 3.29. The Morgan fingerprint density at radius 1 is 1.19 bits per heavy atom. The van der Waals surface area contributed by atoms with Crippen molar-refractivity contribution in [2.24, 2.45) is 7.05 Å². The van der Waals surface area contributed by atoms with Crippen molar-refractivity contribution < 1.29 is 14.3 Å². The number of hydrogen-bond acceptors (Lipinski definition) is 4. The van der Waals surface area contributed by atoms with E-state index in [0.29, 0.717) is 19.6 Å². The Bertz CT molecular complexity index is 1060. The number of rotatable bonds is 8. The van der Waals surface area contributed by atoms with Gasteiger partial charge in [0.15, 0.2) is 0 Å². The van der Waals surface area contributed by atoms with E-state index in [1.807, 2.05) is 31.2 Å². The van der Waals surface area contributed by atoms with Crippen molar-refractivity contribution in [3.63, 3.8) is 0 Å². The van der Waals surface area contributed by atoms with Crippen molar-refractivity contribution in [1.29, 1.82) is 0 Å². The molecule has 0 aliphatic heterocycles. The van der Waals surface area contributed by atoms with Gasteiger partial charge in [0.2, 0.25) is 0 Å². The third-order valence-corrected chi connectivity index (χ3v) is 6.09. The number of esters is 1. The van der Waals surface area contributed by atoms with Crippen molar-refractivity contribution >= 4 is 5.97 Å². The number of benzene rings is 2. The molecule has 3 aromatic rings. The standard InChI is InChI=1S/C26H30N2O3/c1-4-30-25(29)17-21-11-10-20-16-22(12-13-23(20)21)31-15-14-24-18(2)27-26(28(24)3)19-8-6-5-7-9-19/h5-9,12-13,16,21H,4,10-11,14-15,17H2,1-3H3. The first-order valence-corrected chi connectivity index (χ1v) is 11.1. The van der Waals surface area contributed by atoms with Crippen LogP contribution in [-0.4, -0.2) is 28.7 Å². The number of imidazole rings is 1. The van der Waals surface area contributed by atoms with E-state index in [9.17, 15) is 4.79 Å². The molecule has 0 fully saturated rings. The van der Waals surface area contributed by atoms with E-state index in [2.05, 4.69) is 42.8 Å². The zero-order valence-corrected chi connectivity index (χ0v) is 18.6. The van der Waals surface area contributed by atoms with Crippen LogP contribution >= 0.6 is 0 Å². The predicted molar refractivity (Wildman–Crippen MR) is 121 cm³/mol. The normalized spacial score (nSPS) is 15.0. The molecule has 1 heterocycles. The molecule has 0 saturated carbocycles. The van der Waals surface area contributed by atoms with Gasteiger partial charge >= 0.3 is 5.97 Å². The van der Waals surface area contributed by atoms with Crippen molar-refractivity contribution in [2.75, 3.05) is 13.2 Å². The summed E-state index contributed by atoms with van der Waals surface area (Å²) < 4.78 is 13.4. The van der Waals surface area contributed by atoms with Crippen LogP contribution in [0.4, 0.5) is 0 Å². The molecule has 0 radical (unpaired) electrons. The van der Waals surface area contributed by atoms with Crippen molar-refractivity contribution in [3.05, 3.63) is 71.0 Å². The molecule has 5 nitrogen and oxygen atoms in total. The van der Waals surface area contributed by atoms with Gasteiger partial charge in [-0.1, -0.05) is 36.4 Å². The molecule has 1 aliphatic carbocycles. The van der Waals surface area contributed by atoms with Gasteiger partial charge in [0.25, 0.3) is 0 Å². The van der Waals surface area contributed by atoms with E-state index in [-0.39, 0.29) is 11.9 Å². The first-order chi connectivity index (χ1) is 15.1. The maximum atomic E-state index is 11.8. The lowest BCUT2D eigenvalue weighted by Crippen LogP contribution is -2.09. The van der Waals surface area contributed by atoms with E-state index in [0.717, 1.165) is 42.1 Å². The van der Waals surface area contributed by atoms with Crippen LogP contribution in [0.1, 0.15) is 48.2 Å². The van der Waals surface area contributed by atoms with Crippen LogP contribution in [0, 0.1) is 6.92 Å². The number of nitrogens with zero attached hydrogens (tertiary/aromatic N) is 2. The maximum Gasteiger partial charge on any atom is 0.306 e. The molecule has 0 amide bonds. The van der Waals surface area contributed by atoms with E-state index < -0.39 is 0 Å². The minimum Gasteiger partial charge on any atom is -0.493 e. The smallest absolute Gasteiger partial charge is 0.306 e. The van der Waals surface area contributed by atoms with Crippen molar-refractivity contribution in [2.45, 2.75) is 45.4 Å². The Morgan fingerprint density at radius 3 is 2.77 bits per heavy atom. The van der Waals surface area contributed by atoms with Crippen LogP contribution in [0.5, 0.6) is 5.75 Å². The topological polar surface area (TPSA) is 53.4 Å². The molecule has 2 aromatic carbocycles. The Kier molecular flexibility index (Phi) is 6.40. The van der Waals surface area contributed by atoms with E-state index in [1.54, 1.807) is 0 Å². The molecule has 5 heteroatoms. The number of ether oxygens (including phenoxy) is 2. The van der Waals surface area contributed by atoms with Crippen LogP contribution in [0.25, 0.3) is 11.4 Å². The van der Waals surface area contributed by atoms with Gasteiger partial charge in [-0.05, 0) is 55.9 Å². The lowest BCUT2D eigenvalue weighted by Gasteiger charge is -2.12. The lowest BCUT2D eigenvalue weighted by molar-refractivity contribution is -0.143. The minimum absolute atomic E-state index is 0.109. The minimum atomic E-state index is -0.109. The third-order valence-electron chi connectivity index (χ3n) is 6.09. The fraction of sp³-hybridized carbons (Fsp3) is 0.385. The van der Waals surface area contributed by atoms with E-state index >= 15 is 0 Å². The Morgan fingerprint density at radius 2 is 2.00 bits per heavy atom. The number of aromatic nitrogens is 2. The van der Waals surface area contributed by atoms with Crippen LogP contribution in [-0.2, 0) is 29.4 Å². The van der Waals surface area contributed by atoms with Gasteiger partial charge in [0.1, 0.15) is 11.6 Å². The molecule has 31 heavy (non-hydrogen) atoms. The van der Waals surface area contributed by atoms with Crippen molar-refractivity contribution in [1.82, 2.24) is 9.55 Å². The van der Waals surface area contributed by atoms with Gasteiger partial charge in [0, 0.05) is 24.7 Å². The summed E-state index contributed by atoms with van der Waals surface area (Å²) in [7, 11) is 2.07. The molecule has 0 N–H and O–H groups in total. The summed E-state index contributed by atoms with van der Waals surface area (Å²) in [5.74, 6) is 2.02. The monoisotopic (exact) mass is 418 g/mol. The van der Waals surface area contributed by atoms with E-state index in [4.69, 9.17) is 14.5 Å². The second-order valence-electron chi connectivity index (χ2n) is 8.10. The predicted octanol–water partition coefficient (Wildman–Crippen LogP) is 5.00. The Hall–Kier alpha value is -3.08. The highest BCUT2D eigenvalue weighted by atomic mass is 16.5. The van der Waals surface area contributed by atoms with Gasteiger partial charge in [-0.25, -0.2) is 4.98 Å². The first-order valence-electron chi connectivity index (χ1n) is 11.1. The van der Waals surface area contributed by atoms with Crippen LogP contribution in [0.3, 0.4) is 0 Å². The molecule has 162 valence electrons. The van der Waals surface area contributed by atoms with Crippen LogP contribution in [0.2, 0.25) is 0 Å². The zero-order valence-electron chi connectivity index (χ0n) is 18.6. The largest absolute Gasteiger partial charge is 0.493 e. The highest BCUT2D eigenvalue weighted by molar-refractivity contribution is 5.71. The maximum absolute atomic E-state index is 11.8. The molecule has 1 aliphatic rings. The summed E-state index contributed by atoms with van der Waals surface area (Å²) in [6.45, 7) is 4.94. The van der Waals surface area contributed by atoms with Gasteiger partial charge in [-0.2, -0.15) is 0 Å². The summed E-state index contributed by atoms with van der Waals surface area (Å²) in [6.07, 6.45) is 3.24. The fourth-order valence-corrected chi connectivity index (χ4v) is 4.53. The van der Waals surface area contributed by atoms with Crippen LogP contribution in [0.15, 0.2) is 48.5 Å². The summed E-state index contributed by atoms with van der Waals surface area (Å²) in [5, 5.41) is 0. The van der Waals surface area contributed by atoms with Crippen LogP contribution < -0.4 is 4.74 Å². The molecule has 1 unspecified atom stereocenters. The molecule has 4 rings (SSSR count). The van der Waals surface area contributed by atoms with Gasteiger partial charge < -0.3 is 14.0 Å². The number of hydrogen-bond donors (Lipinski definition) is 0. The number of carbonyl (C=O) groups is 1. The molecule has 0 spiro atoms. The molecule has 0 bridgehead atoms. The SMILES string of the molecule is CCOC(=O)CC1CCc2cc(OCCc3c(C)nc(-c4ccccc4)n3C)ccc21. The summed E-state index contributed by atoms with van der Waals surface area (Å²) in [6, 6.07) is 16.5. The highest BCUT2D eigenvalue weighted by Gasteiger charge is 2.25. The third kappa shape index (κ3) is 4.66. The van der Waals surface area contributed by atoms with Gasteiger partial charge in [-0.3, -0.25) is 4.79 Å². The number of fused-ring (bicyclic) bond motifs is 1. The summed E-state index contributed by atoms with van der Waals surface area (Å²) >= 11 is 0. The van der Waals surface area contributed by atoms with Gasteiger partial charge in [-0.15, -0.1) is 0 Å². The Balaban J connectivity index is 1.38. The number of aryl methyl sites for hydroxylation is 2. The number of carbonyl (C=O) groups excluding carboxylic acids is 1. The Labute approximate surface area is 184 Å². The molecular weight excluding hydrogens is 388 g/mol. The molecular formula is C26H30N2O3. The van der Waals surface area contributed by atoms with E-state index in [1.165, 1.54) is 16.8 Å². The quantitative estimate of drug-likeness (QED) is 0.483. The van der Waals surface area contributed by atoms with Crippen molar-refractivity contribution in [3.8, 4) is 17.1 Å². The average molecular weight is 419 g/mol. The molecule has 1 atom stereocenters. The molecule has 0 saturated heterocycles. The molecule has 1 aromatic heterocycles. The summed E-state index contributed by atoms with van der Waals surface area (Å²) in [5.41, 5.74) is 5.90. The zero-order chi connectivity index (χ0) is 21.8.